The van der Waals surface area contributed by atoms with Crippen molar-refractivity contribution in [1.29, 1.82) is 0 Å². The first-order valence-electron chi connectivity index (χ1n) is 6.53. The Balaban J connectivity index is 1.79. The highest BCUT2D eigenvalue weighted by Crippen LogP contribution is 2.23. The summed E-state index contributed by atoms with van der Waals surface area (Å²) in [6.07, 6.45) is 5.44. The van der Waals surface area contributed by atoms with Gasteiger partial charge in [0.25, 0.3) is 0 Å². The van der Waals surface area contributed by atoms with Crippen molar-refractivity contribution in [2.24, 2.45) is 17.6 Å². The lowest BCUT2D eigenvalue weighted by Gasteiger charge is -2.32. The zero-order valence-electron chi connectivity index (χ0n) is 9.75. The first kappa shape index (κ1) is 11.4. The second kappa shape index (κ2) is 5.83. The Kier molecular flexibility index (Phi) is 4.42. The van der Waals surface area contributed by atoms with Crippen LogP contribution in [-0.2, 0) is 0 Å². The number of likely N-dealkylation sites (tertiary alicyclic amines) is 1. The summed E-state index contributed by atoms with van der Waals surface area (Å²) in [5, 5.41) is 3.43. The molecule has 0 spiro atoms. The number of hydrogen-bond acceptors (Lipinski definition) is 3. The molecule has 0 aromatic heterocycles. The van der Waals surface area contributed by atoms with Gasteiger partial charge < -0.3 is 16.0 Å². The van der Waals surface area contributed by atoms with Crippen LogP contribution in [-0.4, -0.2) is 44.2 Å². The van der Waals surface area contributed by atoms with E-state index < -0.39 is 0 Å². The van der Waals surface area contributed by atoms with Crippen LogP contribution in [0.2, 0.25) is 0 Å². The number of nitrogens with one attached hydrogen (secondary N) is 1. The van der Waals surface area contributed by atoms with Crippen LogP contribution < -0.4 is 11.1 Å². The number of nitrogens with zero attached hydrogens (tertiary/aromatic N) is 1. The zero-order valence-corrected chi connectivity index (χ0v) is 9.75. The number of nitrogens with two attached hydrogens (primary N) is 1. The van der Waals surface area contributed by atoms with E-state index in [-0.39, 0.29) is 0 Å². The Hall–Kier alpha value is -0.120. The molecule has 0 amide bonds. The molecule has 15 heavy (non-hydrogen) atoms. The zero-order chi connectivity index (χ0) is 10.5. The summed E-state index contributed by atoms with van der Waals surface area (Å²) in [6.45, 7) is 7.13. The summed E-state index contributed by atoms with van der Waals surface area (Å²) in [7, 11) is 0. The summed E-state index contributed by atoms with van der Waals surface area (Å²) in [4.78, 5) is 2.61. The molecule has 1 atom stereocenters. The summed E-state index contributed by atoms with van der Waals surface area (Å²) >= 11 is 0. The molecule has 2 heterocycles. The fraction of sp³-hybridized carbons (Fsp3) is 1.00. The predicted molar refractivity (Wildman–Crippen MR) is 63.8 cm³/mol. The van der Waals surface area contributed by atoms with Gasteiger partial charge in [0, 0.05) is 6.54 Å². The first-order valence-corrected chi connectivity index (χ1v) is 6.53. The molecule has 88 valence electrons. The van der Waals surface area contributed by atoms with E-state index in [4.69, 9.17) is 5.73 Å². The average Bonchev–Trinajstić information content (AvgIpc) is 2.80. The first-order chi connectivity index (χ1) is 7.40. The van der Waals surface area contributed by atoms with Crippen molar-refractivity contribution >= 4 is 0 Å². The Labute approximate surface area is 93.4 Å². The van der Waals surface area contributed by atoms with Gasteiger partial charge in [-0.15, -0.1) is 0 Å². The van der Waals surface area contributed by atoms with Gasteiger partial charge in [-0.2, -0.15) is 0 Å². The Morgan fingerprint density at radius 1 is 1.20 bits per heavy atom. The highest BCUT2D eigenvalue weighted by molar-refractivity contribution is 4.80. The van der Waals surface area contributed by atoms with Gasteiger partial charge in [-0.05, 0) is 70.2 Å². The van der Waals surface area contributed by atoms with Gasteiger partial charge >= 0.3 is 0 Å². The normalized spacial score (nSPS) is 27.0. The Morgan fingerprint density at radius 2 is 1.87 bits per heavy atom. The van der Waals surface area contributed by atoms with E-state index in [1.807, 2.05) is 0 Å². The highest BCUT2D eigenvalue weighted by atomic mass is 15.1. The average molecular weight is 211 g/mol. The van der Waals surface area contributed by atoms with Crippen LogP contribution in [0.3, 0.4) is 0 Å². The van der Waals surface area contributed by atoms with Crippen LogP contribution in [0.1, 0.15) is 25.7 Å². The molecule has 0 radical (unpaired) electrons. The van der Waals surface area contributed by atoms with Crippen LogP contribution in [0, 0.1) is 11.8 Å². The van der Waals surface area contributed by atoms with Gasteiger partial charge in [0.15, 0.2) is 0 Å². The van der Waals surface area contributed by atoms with Crippen molar-refractivity contribution in [3.63, 3.8) is 0 Å². The third-order valence-electron chi connectivity index (χ3n) is 4.04. The third-order valence-corrected chi connectivity index (χ3v) is 4.04. The molecule has 1 unspecified atom stereocenters. The molecule has 2 fully saturated rings. The van der Waals surface area contributed by atoms with Gasteiger partial charge in [-0.1, -0.05) is 0 Å². The molecule has 3 nitrogen and oxygen atoms in total. The maximum absolute atomic E-state index is 5.93. The molecule has 2 saturated heterocycles. The fourth-order valence-electron chi connectivity index (χ4n) is 3.03. The van der Waals surface area contributed by atoms with Crippen molar-refractivity contribution in [3.05, 3.63) is 0 Å². The van der Waals surface area contributed by atoms with Crippen molar-refractivity contribution in [3.8, 4) is 0 Å². The smallest absolute Gasteiger partial charge is 0.00244 e. The van der Waals surface area contributed by atoms with Gasteiger partial charge in [-0.25, -0.2) is 0 Å². The second-order valence-electron chi connectivity index (χ2n) is 5.09. The van der Waals surface area contributed by atoms with E-state index in [1.54, 1.807) is 0 Å². The van der Waals surface area contributed by atoms with Crippen molar-refractivity contribution in [2.45, 2.75) is 25.7 Å². The van der Waals surface area contributed by atoms with E-state index in [0.29, 0.717) is 0 Å². The van der Waals surface area contributed by atoms with Gasteiger partial charge in [0.05, 0.1) is 0 Å². The van der Waals surface area contributed by atoms with Crippen LogP contribution >= 0.6 is 0 Å². The highest BCUT2D eigenvalue weighted by Gasteiger charge is 2.25. The molecule has 2 rings (SSSR count). The summed E-state index contributed by atoms with van der Waals surface area (Å²) < 4.78 is 0. The Bertz CT molecular complexity index is 172. The van der Waals surface area contributed by atoms with Crippen LogP contribution in [0.4, 0.5) is 0 Å². The minimum absolute atomic E-state index is 0.741. The van der Waals surface area contributed by atoms with Crippen LogP contribution in [0.15, 0.2) is 0 Å². The lowest BCUT2D eigenvalue weighted by atomic mass is 9.84. The topological polar surface area (TPSA) is 41.3 Å². The number of rotatable bonds is 4. The summed E-state index contributed by atoms with van der Waals surface area (Å²) in [6, 6.07) is 0. The van der Waals surface area contributed by atoms with Crippen molar-refractivity contribution in [2.75, 3.05) is 39.3 Å². The second-order valence-corrected chi connectivity index (χ2v) is 5.09. The molecule has 3 heteroatoms. The van der Waals surface area contributed by atoms with E-state index >= 15 is 0 Å². The fourth-order valence-corrected chi connectivity index (χ4v) is 3.03. The number of piperidine rings is 1. The van der Waals surface area contributed by atoms with Crippen molar-refractivity contribution in [1.82, 2.24) is 10.2 Å². The third kappa shape index (κ3) is 3.16. The monoisotopic (exact) mass is 211 g/mol. The molecular formula is C12H25N3. The van der Waals surface area contributed by atoms with Crippen molar-refractivity contribution < 1.29 is 0 Å². The van der Waals surface area contributed by atoms with Crippen LogP contribution in [0.5, 0.6) is 0 Å². The molecule has 2 aliphatic heterocycles. The minimum Gasteiger partial charge on any atom is -0.330 e. The number of hydrogen-bond donors (Lipinski definition) is 2. The standard InChI is InChI=1S/C12H25N3/c13-9-12(10-15-7-1-2-8-15)11-3-5-14-6-4-11/h11-12,14H,1-10,13H2. The lowest BCUT2D eigenvalue weighted by Crippen LogP contribution is -2.40. The minimum atomic E-state index is 0.741. The van der Waals surface area contributed by atoms with E-state index in [2.05, 4.69) is 10.2 Å². The molecule has 0 aliphatic carbocycles. The molecular weight excluding hydrogens is 186 g/mol. The predicted octanol–water partition coefficient (Wildman–Crippen LogP) is 0.657. The molecule has 0 bridgehead atoms. The maximum atomic E-state index is 5.93. The molecule has 0 aromatic rings. The van der Waals surface area contributed by atoms with E-state index in [9.17, 15) is 0 Å². The van der Waals surface area contributed by atoms with Gasteiger partial charge in [0.2, 0.25) is 0 Å². The largest absolute Gasteiger partial charge is 0.330 e. The maximum Gasteiger partial charge on any atom is 0.00244 e. The molecule has 3 N–H and O–H groups in total. The van der Waals surface area contributed by atoms with Gasteiger partial charge in [-0.3, -0.25) is 0 Å². The summed E-state index contributed by atoms with van der Waals surface area (Å²) in [5.41, 5.74) is 5.93. The molecule has 0 saturated carbocycles. The van der Waals surface area contributed by atoms with E-state index in [1.165, 1.54) is 58.4 Å². The van der Waals surface area contributed by atoms with Crippen LogP contribution in [0.25, 0.3) is 0 Å². The summed E-state index contributed by atoms with van der Waals surface area (Å²) in [5.74, 6) is 1.61. The molecule has 0 aromatic carbocycles. The quantitative estimate of drug-likeness (QED) is 0.717. The molecule has 2 aliphatic rings. The SMILES string of the molecule is NCC(CN1CCCC1)C1CCNCC1. The Morgan fingerprint density at radius 3 is 2.47 bits per heavy atom. The van der Waals surface area contributed by atoms with Gasteiger partial charge in [0.1, 0.15) is 0 Å². The van der Waals surface area contributed by atoms with E-state index in [0.717, 1.165) is 18.4 Å². The lowest BCUT2D eigenvalue weighted by molar-refractivity contribution is 0.193.